The van der Waals surface area contributed by atoms with Crippen LogP contribution in [0.3, 0.4) is 0 Å². The van der Waals surface area contributed by atoms with Gasteiger partial charge in [0.15, 0.2) is 0 Å². The van der Waals surface area contributed by atoms with E-state index in [2.05, 4.69) is 22.1 Å². The Bertz CT molecular complexity index is 2550. The summed E-state index contributed by atoms with van der Waals surface area (Å²) in [6, 6.07) is 34.8. The minimum atomic E-state index is -3.23. The standard InChI is InChI=1S/C36H18B2F4N6S2/c39-37(40)47-31(21-11-3-1-4-12-21)29-30(34(47)24(20-44)36-46-26-16-8-10-18-28(26)50-36)32(22-13-5-2-6-14-22)48(38(41)42)33(29)23(19-43)35-45-25-15-7-9-17-27(25)49-35/h1-18H/b33-23-,34-24-. The molecule has 4 aromatic heterocycles. The zero-order valence-electron chi connectivity index (χ0n) is 25.6. The zero-order chi connectivity index (χ0) is 34.5. The van der Waals surface area contributed by atoms with Gasteiger partial charge >= 0.3 is 14.8 Å². The van der Waals surface area contributed by atoms with Gasteiger partial charge in [-0.05, 0) is 35.4 Å². The van der Waals surface area contributed by atoms with E-state index in [1.165, 1.54) is 0 Å². The highest BCUT2D eigenvalue weighted by molar-refractivity contribution is 7.20. The monoisotopic (exact) mass is 696 g/mol. The summed E-state index contributed by atoms with van der Waals surface area (Å²) in [7, 11) is -6.45. The molecule has 14 heteroatoms. The molecule has 0 saturated carbocycles. The van der Waals surface area contributed by atoms with Crippen molar-refractivity contribution >= 4 is 79.8 Å². The van der Waals surface area contributed by atoms with E-state index in [9.17, 15) is 10.5 Å². The molecular weight excluding hydrogens is 678 g/mol. The van der Waals surface area contributed by atoms with E-state index in [-0.39, 0.29) is 65.1 Å². The summed E-state index contributed by atoms with van der Waals surface area (Å²) in [5, 5.41) is 21.2. The van der Waals surface area contributed by atoms with Gasteiger partial charge in [-0.2, -0.15) is 10.5 Å². The van der Waals surface area contributed by atoms with Gasteiger partial charge in [-0.1, -0.05) is 84.9 Å². The number of hydrogen-bond donors (Lipinski definition) is 0. The van der Waals surface area contributed by atoms with Crippen molar-refractivity contribution in [2.45, 2.75) is 0 Å². The van der Waals surface area contributed by atoms with Crippen molar-refractivity contribution < 1.29 is 17.3 Å². The Labute approximate surface area is 290 Å². The van der Waals surface area contributed by atoms with Crippen molar-refractivity contribution in [1.82, 2.24) is 18.9 Å². The quantitative estimate of drug-likeness (QED) is 0.130. The van der Waals surface area contributed by atoms with Crippen molar-refractivity contribution in [1.29, 1.82) is 10.5 Å². The van der Waals surface area contributed by atoms with Crippen LogP contribution in [-0.2, 0) is 0 Å². The average Bonchev–Trinajstić information content (AvgIpc) is 3.91. The van der Waals surface area contributed by atoms with Crippen LogP contribution >= 0.6 is 22.7 Å². The highest BCUT2D eigenvalue weighted by Crippen LogP contribution is 2.37. The summed E-state index contributed by atoms with van der Waals surface area (Å²) in [5.41, 5.74) is 0.985. The molecule has 50 heavy (non-hydrogen) atoms. The number of rotatable bonds is 6. The van der Waals surface area contributed by atoms with Crippen LogP contribution in [0.4, 0.5) is 17.3 Å². The third-order valence-electron chi connectivity index (χ3n) is 8.36. The number of nitrogens with zero attached hydrogens (tertiary/aromatic N) is 6. The van der Waals surface area contributed by atoms with Crippen LogP contribution in [0.2, 0.25) is 0 Å². The average molecular weight is 696 g/mol. The predicted octanol–water partition coefficient (Wildman–Crippen LogP) is 7.99. The molecule has 238 valence electrons. The van der Waals surface area contributed by atoms with Crippen LogP contribution in [0.5, 0.6) is 0 Å². The summed E-state index contributed by atoms with van der Waals surface area (Å²) in [4.78, 5) is 9.24. The highest BCUT2D eigenvalue weighted by atomic mass is 32.1. The van der Waals surface area contributed by atoms with Gasteiger partial charge in [0.2, 0.25) is 0 Å². The molecule has 0 aliphatic heterocycles. The summed E-state index contributed by atoms with van der Waals surface area (Å²) in [5.74, 6) is 0. The van der Waals surface area contributed by atoms with Crippen molar-refractivity contribution in [3.63, 3.8) is 0 Å². The smallest absolute Gasteiger partial charge is 0.323 e. The number of hydrogen-bond acceptors (Lipinski definition) is 6. The third kappa shape index (κ3) is 4.92. The number of aromatic nitrogens is 4. The lowest BCUT2D eigenvalue weighted by Crippen LogP contribution is -2.32. The molecule has 0 aliphatic rings. The fraction of sp³-hybridized carbons (Fsp3) is 0. The Morgan fingerprint density at radius 3 is 1.24 bits per heavy atom. The predicted molar refractivity (Wildman–Crippen MR) is 192 cm³/mol. The number of halogens is 4. The summed E-state index contributed by atoms with van der Waals surface area (Å²) >= 11 is 2.28. The molecule has 0 fully saturated rings. The van der Waals surface area contributed by atoms with Gasteiger partial charge in [-0.3, -0.25) is 17.3 Å². The van der Waals surface area contributed by atoms with E-state index in [1.54, 1.807) is 109 Å². The molecular formula is C36H18B2F4N6S2. The van der Waals surface area contributed by atoms with Crippen LogP contribution in [0, 0.1) is 22.7 Å². The van der Waals surface area contributed by atoms with Crippen molar-refractivity contribution in [2.75, 3.05) is 0 Å². The molecule has 0 aliphatic carbocycles. The van der Waals surface area contributed by atoms with Crippen LogP contribution in [0.15, 0.2) is 109 Å². The first-order chi connectivity index (χ1) is 24.4. The Kier molecular flexibility index (Phi) is 7.83. The third-order valence-corrected chi connectivity index (χ3v) is 10.5. The molecule has 0 amide bonds. The Hall–Kier alpha value is -5.95. The molecule has 0 bridgehead atoms. The Morgan fingerprint density at radius 2 is 0.900 bits per heavy atom. The van der Waals surface area contributed by atoms with Gasteiger partial charge in [0.1, 0.15) is 33.3 Å². The van der Waals surface area contributed by atoms with E-state index in [0.29, 0.717) is 20.0 Å². The number of benzene rings is 4. The van der Waals surface area contributed by atoms with Gasteiger partial charge in [-0.25, -0.2) is 9.97 Å². The fourth-order valence-electron chi connectivity index (χ4n) is 6.41. The first-order valence-electron chi connectivity index (χ1n) is 15.2. The highest BCUT2D eigenvalue weighted by Gasteiger charge is 2.36. The van der Waals surface area contributed by atoms with Crippen molar-refractivity contribution in [3.05, 3.63) is 130 Å². The number of para-hydroxylation sites is 2. The number of thiazole rings is 2. The first kappa shape index (κ1) is 31.3. The zero-order valence-corrected chi connectivity index (χ0v) is 27.2. The van der Waals surface area contributed by atoms with E-state index < -0.39 is 14.8 Å². The minimum absolute atomic E-state index is 0.0321. The summed E-state index contributed by atoms with van der Waals surface area (Å²) in [6.45, 7) is 0. The van der Waals surface area contributed by atoms with Gasteiger partial charge < -0.3 is 8.96 Å². The number of fused-ring (bicyclic) bond motifs is 3. The molecule has 4 aromatic carbocycles. The minimum Gasteiger partial charge on any atom is -0.323 e. The second kappa shape index (κ2) is 12.5. The maximum absolute atomic E-state index is 15.8. The molecule has 6 nitrogen and oxygen atoms in total. The summed E-state index contributed by atoms with van der Waals surface area (Å²) < 4.78 is 65.9. The molecule has 0 atom stereocenters. The molecule has 8 aromatic rings. The first-order valence-corrected chi connectivity index (χ1v) is 16.8. The van der Waals surface area contributed by atoms with E-state index in [0.717, 1.165) is 32.1 Å². The second-order valence-corrected chi connectivity index (χ2v) is 13.2. The van der Waals surface area contributed by atoms with Crippen LogP contribution in [-0.4, -0.2) is 33.7 Å². The second-order valence-electron chi connectivity index (χ2n) is 11.1. The molecule has 0 unspecified atom stereocenters. The van der Waals surface area contributed by atoms with Crippen molar-refractivity contribution in [2.24, 2.45) is 0 Å². The van der Waals surface area contributed by atoms with E-state index in [4.69, 9.17) is 0 Å². The summed E-state index contributed by atoms with van der Waals surface area (Å²) in [6.07, 6.45) is 0. The Morgan fingerprint density at radius 1 is 0.540 bits per heavy atom. The molecule has 0 radical (unpaired) electrons. The molecule has 0 N–H and O–H groups in total. The molecule has 0 saturated heterocycles. The Balaban J connectivity index is 1.72. The van der Waals surface area contributed by atoms with Crippen molar-refractivity contribution in [3.8, 4) is 34.7 Å². The number of nitriles is 2. The lowest BCUT2D eigenvalue weighted by molar-refractivity contribution is 0.626. The van der Waals surface area contributed by atoms with Crippen LogP contribution < -0.4 is 10.7 Å². The molecule has 4 heterocycles. The fourth-order valence-corrected chi connectivity index (χ4v) is 8.33. The maximum atomic E-state index is 15.8. The normalized spacial score (nSPS) is 12.6. The lowest BCUT2D eigenvalue weighted by atomic mass is 10.0. The van der Waals surface area contributed by atoms with Crippen LogP contribution in [0.25, 0.3) is 64.9 Å². The largest absolute Gasteiger partial charge is 0.678 e. The van der Waals surface area contributed by atoms with Gasteiger partial charge in [0, 0.05) is 10.8 Å². The topological polar surface area (TPSA) is 83.2 Å². The molecule has 0 spiro atoms. The SMILES string of the molecule is N#C/C(c1nc2ccccc2s1)=c1\c2c(-c3ccccc3)n(B(F)F)/c(=C(/C#N)c3nc4ccccc4s3)c2c(-c2ccccc2)n1B(F)F. The van der Waals surface area contributed by atoms with Gasteiger partial charge in [0.25, 0.3) is 0 Å². The van der Waals surface area contributed by atoms with Crippen LogP contribution in [0.1, 0.15) is 10.0 Å². The van der Waals surface area contributed by atoms with Gasteiger partial charge in [-0.15, -0.1) is 22.7 Å². The maximum Gasteiger partial charge on any atom is 0.678 e. The van der Waals surface area contributed by atoms with E-state index in [1.807, 2.05) is 0 Å². The molecule has 8 rings (SSSR count). The van der Waals surface area contributed by atoms with E-state index >= 15 is 17.3 Å². The lowest BCUT2D eigenvalue weighted by Gasteiger charge is -2.12. The van der Waals surface area contributed by atoms with Gasteiger partial charge in [0.05, 0.1) is 42.5 Å².